The molecule has 154 valence electrons. The van der Waals surface area contributed by atoms with Crippen LogP contribution in [0.1, 0.15) is 10.6 Å². The number of aromatic nitrogens is 1. The summed E-state index contributed by atoms with van der Waals surface area (Å²) in [4.78, 5) is 6.54. The fourth-order valence-corrected chi connectivity index (χ4v) is 4.41. The van der Waals surface area contributed by atoms with Gasteiger partial charge in [-0.1, -0.05) is 30.3 Å². The molecule has 0 aliphatic carbocycles. The number of hydrogen-bond acceptors (Lipinski definition) is 6. The Balaban J connectivity index is 1.49. The summed E-state index contributed by atoms with van der Waals surface area (Å²) in [5.41, 5.74) is 3.33. The monoisotopic (exact) mass is 421 g/mol. The van der Waals surface area contributed by atoms with Crippen molar-refractivity contribution in [2.75, 3.05) is 27.3 Å². The van der Waals surface area contributed by atoms with Crippen molar-refractivity contribution in [3.8, 4) is 22.8 Å². The Kier molecular flexibility index (Phi) is 5.72. The van der Waals surface area contributed by atoms with E-state index in [0.29, 0.717) is 29.5 Å². The maximum Gasteiger partial charge on any atom is 0.135 e. The van der Waals surface area contributed by atoms with Crippen molar-refractivity contribution in [3.63, 3.8) is 0 Å². The number of aliphatic hydroxyl groups is 1. The van der Waals surface area contributed by atoms with E-state index in [-0.39, 0.29) is 5.76 Å². The van der Waals surface area contributed by atoms with Crippen molar-refractivity contribution in [1.29, 1.82) is 5.41 Å². The summed E-state index contributed by atoms with van der Waals surface area (Å²) in [5.74, 6) is 2.09. The van der Waals surface area contributed by atoms with Gasteiger partial charge in [0.05, 0.1) is 32.0 Å². The molecule has 0 saturated carbocycles. The Morgan fingerprint density at radius 3 is 2.77 bits per heavy atom. The highest BCUT2D eigenvalue weighted by atomic mass is 32.1. The van der Waals surface area contributed by atoms with Crippen LogP contribution < -0.4 is 9.47 Å². The maximum atomic E-state index is 10.6. The largest absolute Gasteiger partial charge is 0.510 e. The van der Waals surface area contributed by atoms with Crippen LogP contribution in [-0.4, -0.2) is 48.1 Å². The summed E-state index contributed by atoms with van der Waals surface area (Å²) >= 11 is 1.43. The average molecular weight is 422 g/mol. The molecule has 0 unspecified atom stereocenters. The lowest BCUT2D eigenvalue weighted by atomic mass is 10.1. The molecule has 0 atom stereocenters. The highest BCUT2D eigenvalue weighted by Crippen LogP contribution is 2.33. The Bertz CT molecular complexity index is 1110. The molecule has 1 aliphatic heterocycles. The molecular weight excluding hydrogens is 398 g/mol. The van der Waals surface area contributed by atoms with E-state index in [0.717, 1.165) is 34.7 Å². The van der Waals surface area contributed by atoms with E-state index in [1.807, 2.05) is 58.8 Å². The molecule has 0 amide bonds. The topological polar surface area (TPSA) is 78.7 Å². The molecule has 30 heavy (non-hydrogen) atoms. The van der Waals surface area contributed by atoms with E-state index in [4.69, 9.17) is 14.9 Å². The number of nitrogens with one attached hydrogen (secondary N) is 1. The summed E-state index contributed by atoms with van der Waals surface area (Å²) in [6.45, 7) is 0.929. The highest BCUT2D eigenvalue weighted by Gasteiger charge is 2.30. The van der Waals surface area contributed by atoms with Gasteiger partial charge in [0, 0.05) is 17.5 Å². The van der Waals surface area contributed by atoms with Gasteiger partial charge >= 0.3 is 0 Å². The molecule has 7 heteroatoms. The number of methoxy groups -OCH3 is 2. The summed E-state index contributed by atoms with van der Waals surface area (Å²) in [6, 6.07) is 15.6. The maximum absolute atomic E-state index is 10.6. The molecule has 1 aromatic heterocycles. The first-order valence-corrected chi connectivity index (χ1v) is 10.5. The second-order valence-corrected chi connectivity index (χ2v) is 7.78. The summed E-state index contributed by atoms with van der Waals surface area (Å²) in [6.07, 6.45) is 0.722. The summed E-state index contributed by atoms with van der Waals surface area (Å²) in [7, 11) is 3.29. The van der Waals surface area contributed by atoms with E-state index in [1.54, 1.807) is 14.2 Å². The summed E-state index contributed by atoms with van der Waals surface area (Å²) < 4.78 is 10.7. The van der Waals surface area contributed by atoms with Gasteiger partial charge in [0.15, 0.2) is 0 Å². The van der Waals surface area contributed by atoms with Gasteiger partial charge in [-0.15, -0.1) is 11.3 Å². The predicted molar refractivity (Wildman–Crippen MR) is 120 cm³/mol. The number of hydrogen-bond donors (Lipinski definition) is 2. The van der Waals surface area contributed by atoms with E-state index in [1.165, 1.54) is 11.3 Å². The minimum atomic E-state index is 0.187. The average Bonchev–Trinajstić information content (AvgIpc) is 3.36. The van der Waals surface area contributed by atoms with Gasteiger partial charge in [-0.05, 0) is 30.2 Å². The molecular formula is C23H23N3O3S. The van der Waals surface area contributed by atoms with Gasteiger partial charge < -0.3 is 19.5 Å². The molecule has 0 bridgehead atoms. The van der Waals surface area contributed by atoms with Crippen molar-refractivity contribution in [3.05, 3.63) is 70.2 Å². The third kappa shape index (κ3) is 3.89. The molecule has 2 heterocycles. The molecule has 3 aromatic rings. The Morgan fingerprint density at radius 2 is 1.97 bits per heavy atom. The smallest absolute Gasteiger partial charge is 0.135 e. The van der Waals surface area contributed by atoms with Gasteiger partial charge in [0.2, 0.25) is 0 Å². The van der Waals surface area contributed by atoms with Crippen LogP contribution in [0.2, 0.25) is 0 Å². The lowest BCUT2D eigenvalue weighted by Crippen LogP contribution is -2.28. The first kappa shape index (κ1) is 20.0. The van der Waals surface area contributed by atoms with Crippen molar-refractivity contribution in [1.82, 2.24) is 9.88 Å². The van der Waals surface area contributed by atoms with E-state index >= 15 is 0 Å². The number of nitrogens with zero attached hydrogens (tertiary/aromatic N) is 2. The van der Waals surface area contributed by atoms with Gasteiger partial charge in [-0.25, -0.2) is 4.98 Å². The van der Waals surface area contributed by atoms with Crippen molar-refractivity contribution in [2.24, 2.45) is 0 Å². The van der Waals surface area contributed by atoms with Gasteiger partial charge in [0.1, 0.15) is 28.1 Å². The minimum absolute atomic E-state index is 0.187. The van der Waals surface area contributed by atoms with E-state index < -0.39 is 0 Å². The summed E-state index contributed by atoms with van der Waals surface area (Å²) in [5, 5.41) is 21.7. The number of ether oxygens (including phenoxy) is 2. The number of para-hydroxylation sites is 1. The minimum Gasteiger partial charge on any atom is -0.510 e. The molecule has 0 saturated heterocycles. The second-order valence-electron chi connectivity index (χ2n) is 6.92. The Morgan fingerprint density at radius 1 is 1.13 bits per heavy atom. The van der Waals surface area contributed by atoms with E-state index in [9.17, 15) is 5.11 Å². The molecule has 0 fully saturated rings. The van der Waals surface area contributed by atoms with E-state index in [2.05, 4.69) is 4.98 Å². The SMILES string of the molecule is COc1cccc(-c2csc(C3=C(O)CN(CCc4ccccc4OC)C3=N)n2)c1. The predicted octanol–water partition coefficient (Wildman–Crippen LogP) is 4.63. The third-order valence-corrected chi connectivity index (χ3v) is 5.97. The van der Waals surface area contributed by atoms with Crippen LogP contribution in [0, 0.1) is 5.41 Å². The van der Waals surface area contributed by atoms with Gasteiger partial charge in [-0.3, -0.25) is 5.41 Å². The molecule has 0 spiro atoms. The number of aliphatic hydroxyl groups excluding tert-OH is 1. The Labute approximate surface area is 179 Å². The van der Waals surface area contributed by atoms with Gasteiger partial charge in [0.25, 0.3) is 0 Å². The standard InChI is InChI=1S/C23H23N3O3S/c1-28-17-8-5-7-16(12-17)18-14-30-23(25-18)21-19(27)13-26(22(21)24)11-10-15-6-3-4-9-20(15)29-2/h3-9,12,14,24,27H,10-11,13H2,1-2H3. The first-order valence-electron chi connectivity index (χ1n) is 9.59. The molecule has 0 radical (unpaired) electrons. The zero-order valence-electron chi connectivity index (χ0n) is 16.9. The zero-order valence-corrected chi connectivity index (χ0v) is 17.7. The quantitative estimate of drug-likeness (QED) is 0.581. The number of rotatable bonds is 7. The van der Waals surface area contributed by atoms with Crippen LogP contribution in [0.4, 0.5) is 0 Å². The van der Waals surface area contributed by atoms with Crippen molar-refractivity contribution in [2.45, 2.75) is 6.42 Å². The highest BCUT2D eigenvalue weighted by molar-refractivity contribution is 7.11. The molecule has 2 aromatic carbocycles. The van der Waals surface area contributed by atoms with Crippen molar-refractivity contribution < 1.29 is 14.6 Å². The molecule has 6 nitrogen and oxygen atoms in total. The van der Waals surface area contributed by atoms with Crippen LogP contribution in [0.15, 0.2) is 59.7 Å². The lowest BCUT2D eigenvalue weighted by molar-refractivity contribution is 0.349. The molecule has 4 rings (SSSR count). The molecule has 2 N–H and O–H groups in total. The number of thiazole rings is 1. The number of amidine groups is 1. The van der Waals surface area contributed by atoms with Crippen LogP contribution in [0.25, 0.3) is 16.8 Å². The number of benzene rings is 2. The van der Waals surface area contributed by atoms with Crippen molar-refractivity contribution >= 4 is 22.7 Å². The first-order chi connectivity index (χ1) is 14.6. The Hall–Kier alpha value is -3.32. The fourth-order valence-electron chi connectivity index (χ4n) is 3.52. The van der Waals surface area contributed by atoms with Crippen LogP contribution >= 0.6 is 11.3 Å². The van der Waals surface area contributed by atoms with Gasteiger partial charge in [-0.2, -0.15) is 0 Å². The fraction of sp³-hybridized carbons (Fsp3) is 0.217. The third-order valence-electron chi connectivity index (χ3n) is 5.11. The van der Waals surface area contributed by atoms with Crippen LogP contribution in [0.5, 0.6) is 11.5 Å². The molecule has 1 aliphatic rings. The lowest BCUT2D eigenvalue weighted by Gasteiger charge is -2.19. The van der Waals surface area contributed by atoms with Crippen LogP contribution in [-0.2, 0) is 6.42 Å². The van der Waals surface area contributed by atoms with Crippen LogP contribution in [0.3, 0.4) is 0 Å². The zero-order chi connectivity index (χ0) is 21.1. The normalized spacial score (nSPS) is 13.8. The second kappa shape index (κ2) is 8.59.